The number of rotatable bonds is 35. The Morgan fingerprint density at radius 3 is 1.33 bits per heavy atom. The number of carbonyl (C=O) groups is 2. The van der Waals surface area contributed by atoms with Crippen molar-refractivity contribution in [2.45, 2.75) is 225 Å². The van der Waals surface area contributed by atoms with Crippen LogP contribution in [0.5, 0.6) is 0 Å². The third-order valence-electron chi connectivity index (χ3n) is 8.74. The highest BCUT2D eigenvalue weighted by atomic mass is 16.5. The number of unbranched alkanes of at least 4 members (excludes halogenated alkanes) is 24. The maximum Gasteiger partial charge on any atom is 0.306 e. The van der Waals surface area contributed by atoms with E-state index in [1.807, 2.05) is 0 Å². The first-order chi connectivity index (χ1) is 21.1. The van der Waals surface area contributed by atoms with E-state index in [0.717, 1.165) is 51.4 Å². The molecule has 0 aromatic rings. The Morgan fingerprint density at radius 1 is 0.488 bits per heavy atom. The zero-order chi connectivity index (χ0) is 31.5. The zero-order valence-corrected chi connectivity index (χ0v) is 29.0. The monoisotopic (exact) mass is 607 g/mol. The minimum Gasteiger partial charge on any atom is -0.481 e. The number of aliphatic carboxylic acids is 1. The first-order valence-electron chi connectivity index (χ1n) is 19.2. The van der Waals surface area contributed by atoms with Gasteiger partial charge < -0.3 is 9.84 Å². The minimum absolute atomic E-state index is 0.0287. The minimum atomic E-state index is -0.677. The van der Waals surface area contributed by atoms with Crippen LogP contribution in [0.4, 0.5) is 0 Å². The summed E-state index contributed by atoms with van der Waals surface area (Å²) in [6.45, 7) is 4.52. The molecule has 4 nitrogen and oxygen atoms in total. The molecule has 0 saturated heterocycles. The van der Waals surface area contributed by atoms with Crippen LogP contribution >= 0.6 is 0 Å². The van der Waals surface area contributed by atoms with Crippen LogP contribution < -0.4 is 0 Å². The zero-order valence-electron chi connectivity index (χ0n) is 29.0. The first-order valence-corrected chi connectivity index (χ1v) is 19.2. The van der Waals surface area contributed by atoms with E-state index >= 15 is 0 Å². The third kappa shape index (κ3) is 35.0. The maximum absolute atomic E-state index is 12.7. The quantitative estimate of drug-likeness (QED) is 0.0443. The van der Waals surface area contributed by atoms with Crippen LogP contribution in [-0.4, -0.2) is 23.1 Å². The third-order valence-corrected chi connectivity index (χ3v) is 8.74. The smallest absolute Gasteiger partial charge is 0.306 e. The molecule has 1 N–H and O–H groups in total. The number of esters is 1. The maximum atomic E-state index is 12.7. The molecule has 4 heteroatoms. The molecule has 0 amide bonds. The molecule has 0 saturated carbocycles. The number of ether oxygens (including phenoxy) is 1. The molecule has 1 unspecified atom stereocenters. The van der Waals surface area contributed by atoms with E-state index in [2.05, 4.69) is 26.0 Å². The lowest BCUT2D eigenvalue weighted by Gasteiger charge is -2.18. The molecule has 0 aliphatic heterocycles. The Bertz CT molecular complexity index is 614. The predicted molar refractivity (Wildman–Crippen MR) is 186 cm³/mol. The summed E-state index contributed by atoms with van der Waals surface area (Å²) in [5.41, 5.74) is 0. The summed E-state index contributed by atoms with van der Waals surface area (Å²) in [5.74, 6) is -0.648. The number of carboxylic acid groups (broad SMARTS) is 1. The fourth-order valence-corrected chi connectivity index (χ4v) is 5.87. The van der Waals surface area contributed by atoms with Crippen molar-refractivity contribution in [2.75, 3.05) is 0 Å². The average Bonchev–Trinajstić information content (AvgIpc) is 2.99. The fourth-order valence-electron chi connectivity index (χ4n) is 5.87. The Morgan fingerprint density at radius 2 is 0.860 bits per heavy atom. The van der Waals surface area contributed by atoms with Gasteiger partial charge in [-0.15, -0.1) is 0 Å². The Kier molecular flexibility index (Phi) is 34.1. The summed E-state index contributed by atoms with van der Waals surface area (Å²) in [6.07, 6.45) is 42.3. The van der Waals surface area contributed by atoms with E-state index < -0.39 is 5.97 Å². The van der Waals surface area contributed by atoms with Gasteiger partial charge >= 0.3 is 11.9 Å². The summed E-state index contributed by atoms with van der Waals surface area (Å²) in [7, 11) is 0. The highest BCUT2D eigenvalue weighted by molar-refractivity contribution is 5.69. The standard InChI is InChI=1S/C39H74O4/c1-3-5-7-9-11-13-14-15-20-24-28-32-36-39(42)43-37(33-29-25-21-17-12-10-8-6-4-2)34-30-26-22-18-16-19-23-27-31-35-38(40)41/h9,11,37H,3-8,10,12-36H2,1-2H3,(H,40,41)/b11-9-. The Labute approximate surface area is 268 Å². The average molecular weight is 607 g/mol. The van der Waals surface area contributed by atoms with Crippen molar-refractivity contribution in [2.24, 2.45) is 0 Å². The van der Waals surface area contributed by atoms with E-state index in [0.29, 0.717) is 12.8 Å². The molecule has 0 aliphatic carbocycles. The van der Waals surface area contributed by atoms with E-state index in [1.54, 1.807) is 0 Å². The Hall–Kier alpha value is -1.32. The van der Waals surface area contributed by atoms with Gasteiger partial charge in [0.25, 0.3) is 0 Å². The molecular formula is C39H74O4. The van der Waals surface area contributed by atoms with Gasteiger partial charge in [0.1, 0.15) is 6.10 Å². The van der Waals surface area contributed by atoms with Gasteiger partial charge in [0.15, 0.2) is 0 Å². The van der Waals surface area contributed by atoms with Crippen LogP contribution in [0.3, 0.4) is 0 Å². The molecule has 0 aromatic carbocycles. The summed E-state index contributed by atoms with van der Waals surface area (Å²) in [6, 6.07) is 0. The van der Waals surface area contributed by atoms with Crippen molar-refractivity contribution in [1.29, 1.82) is 0 Å². The molecule has 254 valence electrons. The molecular weight excluding hydrogens is 532 g/mol. The molecule has 0 heterocycles. The lowest BCUT2D eigenvalue weighted by molar-refractivity contribution is -0.150. The first kappa shape index (κ1) is 41.7. The van der Waals surface area contributed by atoms with Crippen molar-refractivity contribution < 1.29 is 19.4 Å². The summed E-state index contributed by atoms with van der Waals surface area (Å²) in [5, 5.41) is 8.72. The van der Waals surface area contributed by atoms with Gasteiger partial charge in [0, 0.05) is 12.8 Å². The topological polar surface area (TPSA) is 63.6 Å². The van der Waals surface area contributed by atoms with E-state index in [-0.39, 0.29) is 12.1 Å². The van der Waals surface area contributed by atoms with Crippen LogP contribution in [0.25, 0.3) is 0 Å². The van der Waals surface area contributed by atoms with Crippen molar-refractivity contribution >= 4 is 11.9 Å². The molecule has 1 atom stereocenters. The van der Waals surface area contributed by atoms with Crippen molar-refractivity contribution in [3.63, 3.8) is 0 Å². The molecule has 0 fully saturated rings. The summed E-state index contributed by atoms with van der Waals surface area (Å²) in [4.78, 5) is 23.2. The van der Waals surface area contributed by atoms with E-state index in [9.17, 15) is 9.59 Å². The van der Waals surface area contributed by atoms with Gasteiger partial charge in [0.05, 0.1) is 0 Å². The lowest BCUT2D eigenvalue weighted by Crippen LogP contribution is -2.18. The van der Waals surface area contributed by atoms with Gasteiger partial charge in [-0.25, -0.2) is 0 Å². The SMILES string of the molecule is CCCC/C=C\CCCCCCCCC(=O)OC(CCCCCCCCCCC)CCCCCCCCCCCC(=O)O. The fraction of sp³-hybridized carbons (Fsp3) is 0.897. The number of carbonyl (C=O) groups excluding carboxylic acids is 1. The van der Waals surface area contributed by atoms with Crippen molar-refractivity contribution in [1.82, 2.24) is 0 Å². The lowest BCUT2D eigenvalue weighted by atomic mass is 10.0. The molecule has 0 bridgehead atoms. The Balaban J connectivity index is 4.07. The number of carboxylic acids is 1. The summed E-state index contributed by atoms with van der Waals surface area (Å²) < 4.78 is 6.03. The highest BCUT2D eigenvalue weighted by Gasteiger charge is 2.14. The van der Waals surface area contributed by atoms with E-state index in [1.165, 1.54) is 141 Å². The number of hydrogen-bond donors (Lipinski definition) is 1. The van der Waals surface area contributed by atoms with Gasteiger partial charge in [0.2, 0.25) is 0 Å². The van der Waals surface area contributed by atoms with Crippen LogP contribution in [-0.2, 0) is 14.3 Å². The number of allylic oxidation sites excluding steroid dienone is 2. The van der Waals surface area contributed by atoms with Crippen molar-refractivity contribution in [3.05, 3.63) is 12.2 Å². The second-order valence-corrected chi connectivity index (χ2v) is 13.1. The van der Waals surface area contributed by atoms with Crippen LogP contribution in [0, 0.1) is 0 Å². The van der Waals surface area contributed by atoms with Gasteiger partial charge in [-0.05, 0) is 57.8 Å². The van der Waals surface area contributed by atoms with Crippen molar-refractivity contribution in [3.8, 4) is 0 Å². The second kappa shape index (κ2) is 35.2. The highest BCUT2D eigenvalue weighted by Crippen LogP contribution is 2.19. The van der Waals surface area contributed by atoms with Gasteiger partial charge in [-0.3, -0.25) is 9.59 Å². The second-order valence-electron chi connectivity index (χ2n) is 13.1. The van der Waals surface area contributed by atoms with Gasteiger partial charge in [-0.1, -0.05) is 161 Å². The van der Waals surface area contributed by atoms with E-state index in [4.69, 9.17) is 9.84 Å². The van der Waals surface area contributed by atoms with Gasteiger partial charge in [-0.2, -0.15) is 0 Å². The normalized spacial score (nSPS) is 12.2. The molecule has 0 aromatic heterocycles. The molecule has 0 rings (SSSR count). The largest absolute Gasteiger partial charge is 0.481 e. The summed E-state index contributed by atoms with van der Waals surface area (Å²) >= 11 is 0. The van der Waals surface area contributed by atoms with Crippen LogP contribution in [0.15, 0.2) is 12.2 Å². The molecule has 0 aliphatic rings. The van der Waals surface area contributed by atoms with Crippen LogP contribution in [0.2, 0.25) is 0 Å². The van der Waals surface area contributed by atoms with Crippen LogP contribution in [0.1, 0.15) is 219 Å². The number of hydrogen-bond acceptors (Lipinski definition) is 3. The predicted octanol–water partition coefficient (Wildman–Crippen LogP) is 13.1. The molecule has 0 radical (unpaired) electrons. The molecule has 43 heavy (non-hydrogen) atoms. The molecule has 0 spiro atoms.